The Kier molecular flexibility index (Phi) is 2.30. The second-order valence-electron chi connectivity index (χ2n) is 4.45. The minimum atomic E-state index is -2.90. The van der Waals surface area contributed by atoms with Crippen LogP contribution in [0.1, 0.15) is 30.4 Å². The van der Waals surface area contributed by atoms with Crippen molar-refractivity contribution in [3.63, 3.8) is 0 Å². The van der Waals surface area contributed by atoms with Crippen molar-refractivity contribution in [3.05, 3.63) is 35.4 Å². The Labute approximate surface area is 88.3 Å². The van der Waals surface area contributed by atoms with E-state index in [1.807, 2.05) is 6.92 Å². The van der Waals surface area contributed by atoms with Gasteiger partial charge in [-0.25, -0.2) is 0 Å². The molecule has 1 aliphatic carbocycles. The van der Waals surface area contributed by atoms with Crippen LogP contribution in [-0.2, 0) is 5.92 Å². The standard InChI is InChI=1S/C12H15F2N/c1-9-3-5-10(6-4-9)12(13,14)11(15)7-2-8-11/h3-6H,2,7-8,15H2,1H3. The van der Waals surface area contributed by atoms with Gasteiger partial charge in [-0.15, -0.1) is 0 Å². The second-order valence-corrected chi connectivity index (χ2v) is 4.45. The molecule has 1 aromatic carbocycles. The maximum Gasteiger partial charge on any atom is 0.290 e. The molecule has 0 saturated heterocycles. The van der Waals surface area contributed by atoms with Crippen molar-refractivity contribution in [2.24, 2.45) is 5.73 Å². The fraction of sp³-hybridized carbons (Fsp3) is 0.500. The summed E-state index contributed by atoms with van der Waals surface area (Å²) in [4.78, 5) is 0. The van der Waals surface area contributed by atoms with Crippen LogP contribution in [0.5, 0.6) is 0 Å². The number of hydrogen-bond donors (Lipinski definition) is 1. The summed E-state index contributed by atoms with van der Waals surface area (Å²) in [5.41, 5.74) is 5.40. The van der Waals surface area contributed by atoms with Crippen LogP contribution >= 0.6 is 0 Å². The molecule has 0 amide bonds. The zero-order valence-corrected chi connectivity index (χ0v) is 8.76. The molecule has 1 aromatic rings. The molecule has 0 radical (unpaired) electrons. The molecule has 0 bridgehead atoms. The first kappa shape index (κ1) is 10.6. The van der Waals surface area contributed by atoms with E-state index in [0.717, 1.165) is 12.0 Å². The number of hydrogen-bond acceptors (Lipinski definition) is 1. The largest absolute Gasteiger partial charge is 0.320 e. The van der Waals surface area contributed by atoms with Gasteiger partial charge in [0.1, 0.15) is 0 Å². The van der Waals surface area contributed by atoms with Gasteiger partial charge in [0, 0.05) is 5.56 Å². The molecule has 3 heteroatoms. The number of benzene rings is 1. The van der Waals surface area contributed by atoms with Crippen LogP contribution in [-0.4, -0.2) is 5.54 Å². The highest BCUT2D eigenvalue weighted by Gasteiger charge is 2.55. The molecule has 15 heavy (non-hydrogen) atoms. The molecular weight excluding hydrogens is 196 g/mol. The van der Waals surface area contributed by atoms with Crippen molar-refractivity contribution >= 4 is 0 Å². The number of aryl methyl sites for hydroxylation is 1. The summed E-state index contributed by atoms with van der Waals surface area (Å²) >= 11 is 0. The molecule has 2 N–H and O–H groups in total. The van der Waals surface area contributed by atoms with Crippen LogP contribution < -0.4 is 5.73 Å². The molecule has 1 aliphatic rings. The summed E-state index contributed by atoms with van der Waals surface area (Å²) < 4.78 is 28.0. The van der Waals surface area contributed by atoms with E-state index < -0.39 is 11.5 Å². The molecule has 0 atom stereocenters. The summed E-state index contributed by atoms with van der Waals surface area (Å²) in [6, 6.07) is 6.35. The Morgan fingerprint density at radius 1 is 1.20 bits per heavy atom. The number of halogens is 2. The molecule has 1 nitrogen and oxygen atoms in total. The third-order valence-electron chi connectivity index (χ3n) is 3.29. The van der Waals surface area contributed by atoms with Crippen LogP contribution in [0.3, 0.4) is 0 Å². The quantitative estimate of drug-likeness (QED) is 0.799. The molecule has 0 aliphatic heterocycles. The lowest BCUT2D eigenvalue weighted by molar-refractivity contribution is -0.113. The van der Waals surface area contributed by atoms with E-state index in [9.17, 15) is 8.78 Å². The molecule has 0 heterocycles. The van der Waals surface area contributed by atoms with Crippen molar-refractivity contribution in [2.75, 3.05) is 0 Å². The van der Waals surface area contributed by atoms with Crippen molar-refractivity contribution < 1.29 is 8.78 Å². The molecule has 82 valence electrons. The zero-order valence-electron chi connectivity index (χ0n) is 8.76. The minimum absolute atomic E-state index is 0.0373. The van der Waals surface area contributed by atoms with Crippen LogP contribution in [0.25, 0.3) is 0 Å². The van der Waals surface area contributed by atoms with Gasteiger partial charge in [0.05, 0.1) is 5.54 Å². The number of nitrogens with two attached hydrogens (primary N) is 1. The average molecular weight is 211 g/mol. The predicted octanol–water partition coefficient (Wildman–Crippen LogP) is 2.97. The summed E-state index contributed by atoms with van der Waals surface area (Å²) in [6.45, 7) is 1.88. The molecular formula is C12H15F2N. The fourth-order valence-electron chi connectivity index (χ4n) is 1.92. The number of rotatable bonds is 2. The highest BCUT2D eigenvalue weighted by atomic mass is 19.3. The van der Waals surface area contributed by atoms with E-state index in [2.05, 4.69) is 0 Å². The highest BCUT2D eigenvalue weighted by molar-refractivity contribution is 5.29. The van der Waals surface area contributed by atoms with Gasteiger partial charge >= 0.3 is 0 Å². The van der Waals surface area contributed by atoms with Crippen molar-refractivity contribution in [2.45, 2.75) is 37.6 Å². The summed E-state index contributed by atoms with van der Waals surface area (Å²) in [6.07, 6.45) is 1.62. The van der Waals surface area contributed by atoms with E-state index in [-0.39, 0.29) is 5.56 Å². The average Bonchev–Trinajstić information content (AvgIpc) is 2.14. The Hall–Kier alpha value is -0.960. The van der Waals surface area contributed by atoms with E-state index in [1.165, 1.54) is 12.1 Å². The SMILES string of the molecule is Cc1ccc(C(F)(F)C2(N)CCC2)cc1. The van der Waals surface area contributed by atoms with Gasteiger partial charge < -0.3 is 5.73 Å². The Balaban J connectivity index is 2.32. The van der Waals surface area contributed by atoms with Crippen molar-refractivity contribution in [1.29, 1.82) is 0 Å². The first-order valence-electron chi connectivity index (χ1n) is 5.20. The van der Waals surface area contributed by atoms with Gasteiger partial charge in [-0.3, -0.25) is 0 Å². The summed E-state index contributed by atoms with van der Waals surface area (Å²) in [7, 11) is 0. The molecule has 0 aromatic heterocycles. The normalized spacial score (nSPS) is 19.7. The molecule has 1 fully saturated rings. The van der Waals surface area contributed by atoms with Crippen LogP contribution in [0.2, 0.25) is 0 Å². The maximum absolute atomic E-state index is 14.0. The second kappa shape index (κ2) is 3.27. The molecule has 0 unspecified atom stereocenters. The lowest BCUT2D eigenvalue weighted by Gasteiger charge is -2.44. The van der Waals surface area contributed by atoms with E-state index in [4.69, 9.17) is 5.73 Å². The Bertz CT molecular complexity index is 352. The van der Waals surface area contributed by atoms with Crippen LogP contribution in [0.15, 0.2) is 24.3 Å². The fourth-order valence-corrected chi connectivity index (χ4v) is 1.92. The monoisotopic (exact) mass is 211 g/mol. The number of alkyl halides is 2. The smallest absolute Gasteiger partial charge is 0.290 e. The summed E-state index contributed by atoms with van der Waals surface area (Å²) in [5.74, 6) is -2.90. The predicted molar refractivity (Wildman–Crippen MR) is 55.8 cm³/mol. The third-order valence-corrected chi connectivity index (χ3v) is 3.29. The minimum Gasteiger partial charge on any atom is -0.320 e. The van der Waals surface area contributed by atoms with Gasteiger partial charge in [-0.2, -0.15) is 8.78 Å². The third kappa shape index (κ3) is 1.55. The zero-order chi connectivity index (χ0) is 11.1. The van der Waals surface area contributed by atoms with E-state index in [0.29, 0.717) is 12.8 Å². The maximum atomic E-state index is 14.0. The Morgan fingerprint density at radius 3 is 2.13 bits per heavy atom. The molecule has 2 rings (SSSR count). The first-order chi connectivity index (χ1) is 6.96. The van der Waals surface area contributed by atoms with Gasteiger partial charge in [0.15, 0.2) is 0 Å². The van der Waals surface area contributed by atoms with E-state index >= 15 is 0 Å². The lowest BCUT2D eigenvalue weighted by Crippen LogP contribution is -2.58. The van der Waals surface area contributed by atoms with Gasteiger partial charge in [-0.1, -0.05) is 29.8 Å². The van der Waals surface area contributed by atoms with Crippen LogP contribution in [0, 0.1) is 6.92 Å². The molecule has 1 saturated carbocycles. The first-order valence-corrected chi connectivity index (χ1v) is 5.20. The van der Waals surface area contributed by atoms with Gasteiger partial charge in [-0.05, 0) is 26.2 Å². The highest BCUT2D eigenvalue weighted by Crippen LogP contribution is 2.48. The lowest BCUT2D eigenvalue weighted by atomic mass is 9.71. The van der Waals surface area contributed by atoms with Gasteiger partial charge in [0.2, 0.25) is 0 Å². The van der Waals surface area contributed by atoms with Crippen LogP contribution in [0.4, 0.5) is 8.78 Å². The van der Waals surface area contributed by atoms with Crippen molar-refractivity contribution in [3.8, 4) is 0 Å². The van der Waals surface area contributed by atoms with Gasteiger partial charge in [0.25, 0.3) is 5.92 Å². The molecule has 0 spiro atoms. The Morgan fingerprint density at radius 2 is 1.73 bits per heavy atom. The summed E-state index contributed by atoms with van der Waals surface area (Å²) in [5, 5.41) is 0. The van der Waals surface area contributed by atoms with Crippen molar-refractivity contribution in [1.82, 2.24) is 0 Å². The van der Waals surface area contributed by atoms with E-state index in [1.54, 1.807) is 12.1 Å². The topological polar surface area (TPSA) is 26.0 Å².